The van der Waals surface area contributed by atoms with E-state index >= 15 is 0 Å². The molecule has 118 valence electrons. The van der Waals surface area contributed by atoms with Crippen LogP contribution in [0.5, 0.6) is 0 Å². The highest BCUT2D eigenvalue weighted by molar-refractivity contribution is 5.95. The van der Waals surface area contributed by atoms with Crippen molar-refractivity contribution in [1.29, 1.82) is 0 Å². The summed E-state index contributed by atoms with van der Waals surface area (Å²) in [6.07, 6.45) is 4.86. The van der Waals surface area contributed by atoms with Crippen LogP contribution in [0.2, 0.25) is 0 Å². The number of hydrogen-bond acceptors (Lipinski definition) is 3. The summed E-state index contributed by atoms with van der Waals surface area (Å²) < 4.78 is 5.47. The van der Waals surface area contributed by atoms with Crippen molar-refractivity contribution in [2.75, 3.05) is 19.6 Å². The van der Waals surface area contributed by atoms with Crippen LogP contribution in [0.4, 0.5) is 0 Å². The van der Waals surface area contributed by atoms with Gasteiger partial charge in [-0.25, -0.2) is 0 Å². The molecule has 2 saturated heterocycles. The molecule has 1 aromatic heterocycles. The van der Waals surface area contributed by atoms with E-state index in [9.17, 15) is 4.79 Å². The molecule has 1 N–H and O–H groups in total. The van der Waals surface area contributed by atoms with E-state index in [0.717, 1.165) is 55.5 Å². The molecule has 1 atom stereocenters. The molecule has 2 fully saturated rings. The van der Waals surface area contributed by atoms with Gasteiger partial charge in [0.25, 0.3) is 5.91 Å². The molecule has 1 amide bonds. The molecule has 0 radical (unpaired) electrons. The third-order valence-electron chi connectivity index (χ3n) is 4.77. The summed E-state index contributed by atoms with van der Waals surface area (Å²) in [5, 5.41) is 3.60. The normalized spacial score (nSPS) is 23.1. The molecule has 0 spiro atoms. The lowest BCUT2D eigenvalue weighted by Gasteiger charge is -2.34. The standard InChI is InChI=1S/C16H24N2O2.ClH/c1-11-10-14(12(2)20-11)16(19)18-8-5-13(6-9-18)15-4-3-7-17-15;/h10,13,15,17H,3-9H2,1-2H3;1H. The Morgan fingerprint density at radius 1 is 1.29 bits per heavy atom. The maximum Gasteiger partial charge on any atom is 0.257 e. The Morgan fingerprint density at radius 3 is 2.52 bits per heavy atom. The lowest BCUT2D eigenvalue weighted by Crippen LogP contribution is -2.43. The van der Waals surface area contributed by atoms with Gasteiger partial charge in [0, 0.05) is 19.1 Å². The van der Waals surface area contributed by atoms with Crippen LogP contribution in [0.3, 0.4) is 0 Å². The fraction of sp³-hybridized carbons (Fsp3) is 0.688. The Hall–Kier alpha value is -1.000. The second-order valence-electron chi connectivity index (χ2n) is 6.16. The number of nitrogens with one attached hydrogen (secondary N) is 1. The molecule has 0 aliphatic carbocycles. The van der Waals surface area contributed by atoms with Crippen LogP contribution >= 0.6 is 12.4 Å². The van der Waals surface area contributed by atoms with E-state index in [1.54, 1.807) is 0 Å². The van der Waals surface area contributed by atoms with Gasteiger partial charge in [0.05, 0.1) is 5.56 Å². The quantitative estimate of drug-likeness (QED) is 0.913. The molecule has 0 aromatic carbocycles. The zero-order valence-electron chi connectivity index (χ0n) is 12.9. The Morgan fingerprint density at radius 2 is 2.00 bits per heavy atom. The van der Waals surface area contributed by atoms with Crippen LogP contribution < -0.4 is 5.32 Å². The Balaban J connectivity index is 0.00000161. The van der Waals surface area contributed by atoms with Gasteiger partial charge in [0.1, 0.15) is 11.5 Å². The first-order chi connectivity index (χ1) is 9.65. The van der Waals surface area contributed by atoms with Crippen molar-refractivity contribution in [3.63, 3.8) is 0 Å². The summed E-state index contributed by atoms with van der Waals surface area (Å²) in [7, 11) is 0. The molecular formula is C16H25ClN2O2. The third-order valence-corrected chi connectivity index (χ3v) is 4.77. The van der Waals surface area contributed by atoms with Crippen LogP contribution in [0.1, 0.15) is 47.6 Å². The highest BCUT2D eigenvalue weighted by Gasteiger charge is 2.30. The van der Waals surface area contributed by atoms with Gasteiger partial charge in [-0.2, -0.15) is 0 Å². The minimum absolute atomic E-state index is 0. The Kier molecular flexibility index (Phi) is 5.33. The van der Waals surface area contributed by atoms with Crippen molar-refractivity contribution in [3.8, 4) is 0 Å². The number of carbonyl (C=O) groups is 1. The third kappa shape index (κ3) is 3.43. The highest BCUT2D eigenvalue weighted by atomic mass is 35.5. The molecule has 3 rings (SSSR count). The van der Waals surface area contributed by atoms with Crippen LogP contribution in [-0.4, -0.2) is 36.5 Å². The van der Waals surface area contributed by atoms with Crippen LogP contribution in [0, 0.1) is 19.8 Å². The number of aryl methyl sites for hydroxylation is 2. The van der Waals surface area contributed by atoms with Gasteiger partial charge >= 0.3 is 0 Å². The minimum atomic E-state index is 0. The fourth-order valence-corrected chi connectivity index (χ4v) is 3.63. The monoisotopic (exact) mass is 312 g/mol. The number of carbonyl (C=O) groups excluding carboxylic acids is 1. The van der Waals surface area contributed by atoms with Crippen molar-refractivity contribution < 1.29 is 9.21 Å². The van der Waals surface area contributed by atoms with Crippen LogP contribution in [0.15, 0.2) is 10.5 Å². The summed E-state index contributed by atoms with van der Waals surface area (Å²) in [5.74, 6) is 2.44. The summed E-state index contributed by atoms with van der Waals surface area (Å²) in [6.45, 7) is 6.69. The van der Waals surface area contributed by atoms with Gasteiger partial charge in [-0.15, -0.1) is 12.4 Å². The van der Waals surface area contributed by atoms with E-state index in [0.29, 0.717) is 6.04 Å². The van der Waals surface area contributed by atoms with Crippen molar-refractivity contribution in [2.24, 2.45) is 5.92 Å². The average molecular weight is 313 g/mol. The van der Waals surface area contributed by atoms with E-state index in [4.69, 9.17) is 4.42 Å². The predicted molar refractivity (Wildman–Crippen MR) is 85.1 cm³/mol. The smallest absolute Gasteiger partial charge is 0.257 e. The predicted octanol–water partition coefficient (Wildman–Crippen LogP) is 2.92. The van der Waals surface area contributed by atoms with Crippen molar-refractivity contribution in [3.05, 3.63) is 23.2 Å². The summed E-state index contributed by atoms with van der Waals surface area (Å²) >= 11 is 0. The number of nitrogens with zero attached hydrogens (tertiary/aromatic N) is 1. The molecule has 1 aromatic rings. The molecule has 5 heteroatoms. The summed E-state index contributed by atoms with van der Waals surface area (Å²) in [6, 6.07) is 2.55. The molecule has 3 heterocycles. The van der Waals surface area contributed by atoms with E-state index in [2.05, 4.69) is 5.32 Å². The van der Waals surface area contributed by atoms with E-state index in [-0.39, 0.29) is 18.3 Å². The van der Waals surface area contributed by atoms with E-state index < -0.39 is 0 Å². The molecule has 0 saturated carbocycles. The summed E-state index contributed by atoms with van der Waals surface area (Å²) in [4.78, 5) is 14.5. The van der Waals surface area contributed by atoms with Crippen molar-refractivity contribution >= 4 is 18.3 Å². The number of piperidine rings is 1. The lowest BCUT2D eigenvalue weighted by atomic mass is 9.88. The first-order valence-electron chi connectivity index (χ1n) is 7.75. The van der Waals surface area contributed by atoms with Gasteiger partial charge in [-0.1, -0.05) is 0 Å². The molecule has 2 aliphatic heterocycles. The van der Waals surface area contributed by atoms with Gasteiger partial charge in [0.15, 0.2) is 0 Å². The SMILES string of the molecule is Cc1cc(C(=O)N2CCC(C3CCCN3)CC2)c(C)o1.Cl. The Labute approximate surface area is 132 Å². The van der Waals surface area contributed by atoms with Crippen molar-refractivity contribution in [2.45, 2.75) is 45.6 Å². The Bertz CT molecular complexity index is 486. The number of amides is 1. The summed E-state index contributed by atoms with van der Waals surface area (Å²) in [5.41, 5.74) is 0.736. The fourth-order valence-electron chi connectivity index (χ4n) is 3.63. The zero-order valence-corrected chi connectivity index (χ0v) is 13.7. The average Bonchev–Trinajstić information content (AvgIpc) is 3.08. The maximum atomic E-state index is 12.5. The van der Waals surface area contributed by atoms with Gasteiger partial charge in [0.2, 0.25) is 0 Å². The highest BCUT2D eigenvalue weighted by Crippen LogP contribution is 2.27. The lowest BCUT2D eigenvalue weighted by molar-refractivity contribution is 0.0672. The first-order valence-corrected chi connectivity index (χ1v) is 7.75. The zero-order chi connectivity index (χ0) is 14.1. The van der Waals surface area contributed by atoms with Crippen LogP contribution in [-0.2, 0) is 0 Å². The molecule has 21 heavy (non-hydrogen) atoms. The van der Waals surface area contributed by atoms with E-state index in [1.807, 2.05) is 24.8 Å². The maximum absolute atomic E-state index is 12.5. The number of furan rings is 1. The van der Waals surface area contributed by atoms with Gasteiger partial charge in [-0.3, -0.25) is 4.79 Å². The molecule has 0 bridgehead atoms. The minimum Gasteiger partial charge on any atom is -0.466 e. The second kappa shape index (κ2) is 6.84. The largest absolute Gasteiger partial charge is 0.466 e. The molecule has 2 aliphatic rings. The van der Waals surface area contributed by atoms with Crippen molar-refractivity contribution in [1.82, 2.24) is 10.2 Å². The number of halogens is 1. The van der Waals surface area contributed by atoms with Gasteiger partial charge in [-0.05, 0) is 58.1 Å². The number of likely N-dealkylation sites (tertiary alicyclic amines) is 1. The first kappa shape index (κ1) is 16.4. The van der Waals surface area contributed by atoms with Crippen LogP contribution in [0.25, 0.3) is 0 Å². The number of rotatable bonds is 2. The topological polar surface area (TPSA) is 45.5 Å². The molecule has 4 nitrogen and oxygen atoms in total. The van der Waals surface area contributed by atoms with E-state index in [1.165, 1.54) is 12.8 Å². The molecular weight excluding hydrogens is 288 g/mol. The van der Waals surface area contributed by atoms with Gasteiger partial charge < -0.3 is 14.6 Å². The number of hydrogen-bond donors (Lipinski definition) is 1. The molecule has 1 unspecified atom stereocenters. The second-order valence-corrected chi connectivity index (χ2v) is 6.16.